The number of ether oxygens (including phenoxy) is 1. The minimum atomic E-state index is -0.715. The Morgan fingerprint density at radius 1 is 1.33 bits per heavy atom. The van der Waals surface area contributed by atoms with Gasteiger partial charge in [0, 0.05) is 11.4 Å². The third kappa shape index (κ3) is 3.95. The zero-order chi connectivity index (χ0) is 21.8. The van der Waals surface area contributed by atoms with Gasteiger partial charge in [-0.3, -0.25) is 9.36 Å². The minimum absolute atomic E-state index is 0.153. The van der Waals surface area contributed by atoms with Gasteiger partial charge in [0.2, 0.25) is 5.75 Å². The van der Waals surface area contributed by atoms with Crippen LogP contribution in [0.3, 0.4) is 0 Å². The number of amides is 1. The fourth-order valence-corrected chi connectivity index (χ4v) is 2.92. The van der Waals surface area contributed by atoms with Crippen LogP contribution >= 0.6 is 0 Å². The first-order valence-corrected chi connectivity index (χ1v) is 8.73. The van der Waals surface area contributed by atoms with Gasteiger partial charge in [0.05, 0.1) is 5.56 Å². The highest BCUT2D eigenvalue weighted by Crippen LogP contribution is 2.30. The van der Waals surface area contributed by atoms with E-state index in [0.29, 0.717) is 16.9 Å². The first-order valence-electron chi connectivity index (χ1n) is 8.73. The molecule has 0 aliphatic heterocycles. The molecule has 0 atom stereocenters. The van der Waals surface area contributed by atoms with Crippen LogP contribution in [0.15, 0.2) is 42.6 Å². The second-order valence-electron chi connectivity index (χ2n) is 6.28. The SMILES string of the molecule is Cc1c(C#N)c(NC(=O)COc2cccnc2[N+](=O)[O-])n(-c2ccc(F)cc2)c1C. The average molecular weight is 409 g/mol. The molecule has 0 bridgehead atoms. The maximum Gasteiger partial charge on any atom is 0.406 e. The number of hydrogen-bond acceptors (Lipinski definition) is 6. The van der Waals surface area contributed by atoms with Crippen molar-refractivity contribution in [2.24, 2.45) is 0 Å². The lowest BCUT2D eigenvalue weighted by atomic mass is 10.2. The lowest BCUT2D eigenvalue weighted by Crippen LogP contribution is -2.22. The predicted molar refractivity (Wildman–Crippen MR) is 105 cm³/mol. The summed E-state index contributed by atoms with van der Waals surface area (Å²) in [6.45, 7) is 2.97. The average Bonchev–Trinajstić information content (AvgIpc) is 2.96. The van der Waals surface area contributed by atoms with Crippen LogP contribution in [0, 0.1) is 41.1 Å². The molecular weight excluding hydrogens is 393 g/mol. The van der Waals surface area contributed by atoms with E-state index in [1.54, 1.807) is 18.4 Å². The van der Waals surface area contributed by atoms with Crippen molar-refractivity contribution in [1.29, 1.82) is 5.26 Å². The van der Waals surface area contributed by atoms with Crippen molar-refractivity contribution in [3.8, 4) is 17.5 Å². The molecule has 1 N–H and O–H groups in total. The Hall–Kier alpha value is -4.26. The van der Waals surface area contributed by atoms with E-state index in [1.807, 2.05) is 0 Å². The Bertz CT molecular complexity index is 1170. The molecule has 0 fully saturated rings. The van der Waals surface area contributed by atoms with E-state index in [9.17, 15) is 24.6 Å². The van der Waals surface area contributed by atoms with Gasteiger partial charge in [0.15, 0.2) is 6.61 Å². The Labute approximate surface area is 170 Å². The number of nitriles is 1. The van der Waals surface area contributed by atoms with Gasteiger partial charge in [0.25, 0.3) is 5.91 Å². The van der Waals surface area contributed by atoms with E-state index >= 15 is 0 Å². The van der Waals surface area contributed by atoms with E-state index in [2.05, 4.69) is 16.4 Å². The van der Waals surface area contributed by atoms with Gasteiger partial charge in [-0.25, -0.2) is 4.39 Å². The van der Waals surface area contributed by atoms with Crippen LogP contribution < -0.4 is 10.1 Å². The molecule has 0 aliphatic carbocycles. The van der Waals surface area contributed by atoms with Crippen molar-refractivity contribution in [3.63, 3.8) is 0 Å². The second kappa shape index (κ2) is 8.40. The molecule has 1 aromatic carbocycles. The van der Waals surface area contributed by atoms with Gasteiger partial charge in [-0.15, -0.1) is 0 Å². The van der Waals surface area contributed by atoms with Crippen LogP contribution in [0.25, 0.3) is 5.69 Å². The number of nitro groups is 1. The topological polar surface area (TPSA) is 123 Å². The number of nitrogens with one attached hydrogen (secondary N) is 1. The second-order valence-corrected chi connectivity index (χ2v) is 6.28. The van der Waals surface area contributed by atoms with Crippen LogP contribution in [0.1, 0.15) is 16.8 Å². The van der Waals surface area contributed by atoms with Crippen LogP contribution in [-0.4, -0.2) is 27.0 Å². The Morgan fingerprint density at radius 3 is 2.67 bits per heavy atom. The highest BCUT2D eigenvalue weighted by molar-refractivity contribution is 5.93. The summed E-state index contributed by atoms with van der Waals surface area (Å²) in [6.07, 6.45) is 1.24. The number of nitrogens with zero attached hydrogens (tertiary/aromatic N) is 4. The van der Waals surface area contributed by atoms with Crippen LogP contribution in [-0.2, 0) is 4.79 Å². The molecule has 0 saturated carbocycles. The van der Waals surface area contributed by atoms with Gasteiger partial charge in [0.1, 0.15) is 23.9 Å². The normalized spacial score (nSPS) is 10.3. The highest BCUT2D eigenvalue weighted by Gasteiger charge is 2.22. The maximum atomic E-state index is 13.3. The van der Waals surface area contributed by atoms with Crippen molar-refractivity contribution >= 4 is 17.5 Å². The molecule has 1 amide bonds. The molecule has 0 radical (unpaired) electrons. The standard InChI is InChI=1S/C20H16FN5O4/c1-12-13(2)25(15-7-5-14(21)6-8-15)19(16(12)10-22)24-18(27)11-30-17-4-3-9-23-20(17)26(28)29/h3-9H,11H2,1-2H3,(H,24,27). The summed E-state index contributed by atoms with van der Waals surface area (Å²) in [7, 11) is 0. The number of hydrogen-bond donors (Lipinski definition) is 1. The first-order chi connectivity index (χ1) is 14.3. The molecule has 30 heavy (non-hydrogen) atoms. The van der Waals surface area contributed by atoms with E-state index in [4.69, 9.17) is 4.74 Å². The summed E-state index contributed by atoms with van der Waals surface area (Å²) in [5.41, 5.74) is 2.15. The molecule has 9 nitrogen and oxygen atoms in total. The summed E-state index contributed by atoms with van der Waals surface area (Å²) in [5.74, 6) is -1.51. The summed E-state index contributed by atoms with van der Waals surface area (Å²) in [4.78, 5) is 26.4. The first kappa shape index (κ1) is 20.5. The van der Waals surface area contributed by atoms with Crippen LogP contribution in [0.2, 0.25) is 0 Å². The smallest absolute Gasteiger partial charge is 0.406 e. The Balaban J connectivity index is 1.88. The van der Waals surface area contributed by atoms with Gasteiger partial charge < -0.3 is 20.2 Å². The van der Waals surface area contributed by atoms with Gasteiger partial charge in [-0.05, 0) is 65.7 Å². The molecule has 152 valence electrons. The molecule has 2 heterocycles. The number of aromatic nitrogens is 2. The van der Waals surface area contributed by atoms with E-state index in [1.165, 1.54) is 42.6 Å². The summed E-state index contributed by atoms with van der Waals surface area (Å²) < 4.78 is 20.2. The van der Waals surface area contributed by atoms with E-state index < -0.39 is 29.1 Å². The quantitative estimate of drug-likeness (QED) is 0.491. The molecule has 0 spiro atoms. The number of halogens is 1. The van der Waals surface area contributed by atoms with Crippen molar-refractivity contribution in [2.45, 2.75) is 13.8 Å². The van der Waals surface area contributed by atoms with Gasteiger partial charge in [-0.1, -0.05) is 0 Å². The molecule has 3 aromatic rings. The lowest BCUT2D eigenvalue weighted by Gasteiger charge is -2.13. The molecule has 0 unspecified atom stereocenters. The highest BCUT2D eigenvalue weighted by atomic mass is 19.1. The predicted octanol–water partition coefficient (Wildman–Crippen LogP) is 3.43. The zero-order valence-corrected chi connectivity index (χ0v) is 16.0. The maximum absolute atomic E-state index is 13.3. The fraction of sp³-hybridized carbons (Fsp3) is 0.150. The number of carbonyl (C=O) groups is 1. The fourth-order valence-electron chi connectivity index (χ4n) is 2.92. The molecule has 0 aliphatic rings. The Morgan fingerprint density at radius 2 is 2.03 bits per heavy atom. The van der Waals surface area contributed by atoms with Crippen LogP contribution in [0.5, 0.6) is 5.75 Å². The monoisotopic (exact) mass is 409 g/mol. The minimum Gasteiger partial charge on any atom is -0.476 e. The van der Waals surface area contributed by atoms with Gasteiger partial charge >= 0.3 is 5.82 Å². The van der Waals surface area contributed by atoms with Crippen molar-refractivity contribution in [1.82, 2.24) is 9.55 Å². The van der Waals surface area contributed by atoms with Crippen molar-refractivity contribution < 1.29 is 18.8 Å². The summed E-state index contributed by atoms with van der Waals surface area (Å²) >= 11 is 0. The number of rotatable bonds is 6. The molecule has 0 saturated heterocycles. The summed E-state index contributed by atoms with van der Waals surface area (Å²) in [5, 5.41) is 23.2. The molecule has 3 rings (SSSR count). The number of pyridine rings is 1. The van der Waals surface area contributed by atoms with Crippen LogP contribution in [0.4, 0.5) is 16.0 Å². The van der Waals surface area contributed by atoms with Crippen molar-refractivity contribution in [2.75, 3.05) is 11.9 Å². The third-order valence-electron chi connectivity index (χ3n) is 4.45. The molecule has 10 heteroatoms. The third-order valence-corrected chi connectivity index (χ3v) is 4.45. The molecular formula is C20H16FN5O4. The molecule has 2 aromatic heterocycles. The lowest BCUT2D eigenvalue weighted by molar-refractivity contribution is -0.390. The van der Waals surface area contributed by atoms with E-state index in [0.717, 1.165) is 0 Å². The van der Waals surface area contributed by atoms with Gasteiger partial charge in [-0.2, -0.15) is 5.26 Å². The summed E-state index contributed by atoms with van der Waals surface area (Å²) in [6, 6.07) is 10.4. The number of carbonyl (C=O) groups excluding carboxylic acids is 1. The zero-order valence-electron chi connectivity index (χ0n) is 16.0. The van der Waals surface area contributed by atoms with Crippen molar-refractivity contribution in [3.05, 3.63) is 75.3 Å². The Kier molecular flexibility index (Phi) is 5.73. The van der Waals surface area contributed by atoms with E-state index in [-0.39, 0.29) is 17.1 Å². The number of anilines is 1. The largest absolute Gasteiger partial charge is 0.476 e. The number of benzene rings is 1.